The SMILES string of the molecule is C=CCNC(=O)/C=C/c1cccc(Cl)c1. The molecular formula is C12H12ClNO. The van der Waals surface area contributed by atoms with Crippen molar-refractivity contribution in [1.82, 2.24) is 5.32 Å². The molecule has 1 aromatic carbocycles. The Balaban J connectivity index is 2.57. The number of rotatable bonds is 4. The minimum Gasteiger partial charge on any atom is -0.349 e. The Morgan fingerprint density at radius 2 is 2.33 bits per heavy atom. The second-order valence-corrected chi connectivity index (χ2v) is 3.36. The van der Waals surface area contributed by atoms with Crippen molar-refractivity contribution in [3.05, 3.63) is 53.6 Å². The summed E-state index contributed by atoms with van der Waals surface area (Å²) < 4.78 is 0. The van der Waals surface area contributed by atoms with E-state index in [9.17, 15) is 4.79 Å². The minimum absolute atomic E-state index is 0.144. The van der Waals surface area contributed by atoms with Crippen LogP contribution in [0.1, 0.15) is 5.56 Å². The van der Waals surface area contributed by atoms with Crippen LogP contribution in [0.2, 0.25) is 5.02 Å². The van der Waals surface area contributed by atoms with Crippen molar-refractivity contribution >= 4 is 23.6 Å². The number of hydrogen-bond donors (Lipinski definition) is 1. The van der Waals surface area contributed by atoms with E-state index in [4.69, 9.17) is 11.6 Å². The number of carbonyl (C=O) groups is 1. The molecule has 0 unspecified atom stereocenters. The molecule has 0 aliphatic carbocycles. The van der Waals surface area contributed by atoms with Crippen molar-refractivity contribution in [2.75, 3.05) is 6.54 Å². The molecule has 0 saturated heterocycles. The van der Waals surface area contributed by atoms with Gasteiger partial charge in [0.05, 0.1) is 0 Å². The third-order valence-corrected chi connectivity index (χ3v) is 1.93. The van der Waals surface area contributed by atoms with E-state index in [-0.39, 0.29) is 5.91 Å². The van der Waals surface area contributed by atoms with Gasteiger partial charge >= 0.3 is 0 Å². The van der Waals surface area contributed by atoms with E-state index in [1.54, 1.807) is 24.3 Å². The Morgan fingerprint density at radius 3 is 3.00 bits per heavy atom. The zero-order valence-corrected chi connectivity index (χ0v) is 9.00. The van der Waals surface area contributed by atoms with Crippen LogP contribution in [0.4, 0.5) is 0 Å². The first kappa shape index (κ1) is 11.5. The number of halogens is 1. The molecule has 15 heavy (non-hydrogen) atoms. The van der Waals surface area contributed by atoms with E-state index in [1.807, 2.05) is 12.1 Å². The van der Waals surface area contributed by atoms with Crippen molar-refractivity contribution in [3.8, 4) is 0 Å². The predicted molar refractivity (Wildman–Crippen MR) is 63.7 cm³/mol. The summed E-state index contributed by atoms with van der Waals surface area (Å²) in [6.45, 7) is 3.98. The molecular weight excluding hydrogens is 210 g/mol. The first-order valence-electron chi connectivity index (χ1n) is 4.55. The third kappa shape index (κ3) is 4.47. The first-order chi connectivity index (χ1) is 7.22. The van der Waals surface area contributed by atoms with E-state index in [1.165, 1.54) is 6.08 Å². The van der Waals surface area contributed by atoms with Gasteiger partial charge in [-0.05, 0) is 23.8 Å². The highest BCUT2D eigenvalue weighted by atomic mass is 35.5. The molecule has 0 aliphatic rings. The summed E-state index contributed by atoms with van der Waals surface area (Å²) in [7, 11) is 0. The average Bonchev–Trinajstić information content (AvgIpc) is 2.23. The van der Waals surface area contributed by atoms with E-state index in [0.717, 1.165) is 5.56 Å². The van der Waals surface area contributed by atoms with Crippen LogP contribution in [0.15, 0.2) is 43.0 Å². The average molecular weight is 222 g/mol. The van der Waals surface area contributed by atoms with Gasteiger partial charge in [-0.3, -0.25) is 4.79 Å². The van der Waals surface area contributed by atoms with Crippen molar-refractivity contribution in [2.24, 2.45) is 0 Å². The van der Waals surface area contributed by atoms with Crippen LogP contribution in [0, 0.1) is 0 Å². The second kappa shape index (κ2) is 6.04. The Hall–Kier alpha value is -1.54. The van der Waals surface area contributed by atoms with E-state index >= 15 is 0 Å². The predicted octanol–water partition coefficient (Wildman–Crippen LogP) is 2.66. The zero-order valence-electron chi connectivity index (χ0n) is 8.24. The standard InChI is InChI=1S/C12H12ClNO/c1-2-8-14-12(15)7-6-10-4-3-5-11(13)9-10/h2-7,9H,1,8H2,(H,14,15)/b7-6+. The lowest BCUT2D eigenvalue weighted by atomic mass is 10.2. The maximum absolute atomic E-state index is 11.2. The molecule has 0 bridgehead atoms. The number of amides is 1. The largest absolute Gasteiger partial charge is 0.349 e. The third-order valence-electron chi connectivity index (χ3n) is 1.70. The highest BCUT2D eigenvalue weighted by Gasteiger charge is 1.92. The molecule has 0 radical (unpaired) electrons. The van der Waals surface area contributed by atoms with Crippen LogP contribution in [-0.4, -0.2) is 12.5 Å². The molecule has 78 valence electrons. The minimum atomic E-state index is -0.144. The smallest absolute Gasteiger partial charge is 0.244 e. The van der Waals surface area contributed by atoms with E-state index in [2.05, 4.69) is 11.9 Å². The highest BCUT2D eigenvalue weighted by molar-refractivity contribution is 6.30. The molecule has 0 fully saturated rings. The van der Waals surface area contributed by atoms with Crippen molar-refractivity contribution in [1.29, 1.82) is 0 Å². The van der Waals surface area contributed by atoms with Crippen LogP contribution in [0.5, 0.6) is 0 Å². The van der Waals surface area contributed by atoms with Gasteiger partial charge in [-0.25, -0.2) is 0 Å². The van der Waals surface area contributed by atoms with Crippen LogP contribution in [0.3, 0.4) is 0 Å². The Morgan fingerprint density at radius 1 is 1.53 bits per heavy atom. The maximum Gasteiger partial charge on any atom is 0.244 e. The maximum atomic E-state index is 11.2. The molecule has 0 heterocycles. The lowest BCUT2D eigenvalue weighted by molar-refractivity contribution is -0.116. The van der Waals surface area contributed by atoms with Crippen molar-refractivity contribution in [3.63, 3.8) is 0 Å². The second-order valence-electron chi connectivity index (χ2n) is 2.92. The van der Waals surface area contributed by atoms with Crippen LogP contribution in [-0.2, 0) is 4.79 Å². The molecule has 0 saturated carbocycles. The van der Waals surface area contributed by atoms with Gasteiger partial charge in [-0.1, -0.05) is 29.8 Å². The fourth-order valence-electron chi connectivity index (χ4n) is 1.01. The molecule has 1 amide bonds. The van der Waals surface area contributed by atoms with Gasteiger partial charge in [-0.15, -0.1) is 6.58 Å². The van der Waals surface area contributed by atoms with Gasteiger partial charge in [-0.2, -0.15) is 0 Å². The van der Waals surface area contributed by atoms with Gasteiger partial charge in [0, 0.05) is 17.6 Å². The van der Waals surface area contributed by atoms with E-state index in [0.29, 0.717) is 11.6 Å². The van der Waals surface area contributed by atoms with E-state index < -0.39 is 0 Å². The molecule has 1 rings (SSSR count). The number of nitrogens with one attached hydrogen (secondary N) is 1. The lowest BCUT2D eigenvalue weighted by Gasteiger charge is -1.96. The summed E-state index contributed by atoms with van der Waals surface area (Å²) in [5, 5.41) is 3.30. The van der Waals surface area contributed by atoms with Gasteiger partial charge in [0.15, 0.2) is 0 Å². The Kier molecular flexibility index (Phi) is 4.64. The summed E-state index contributed by atoms with van der Waals surface area (Å²) in [6.07, 6.45) is 4.81. The molecule has 1 aromatic rings. The highest BCUT2D eigenvalue weighted by Crippen LogP contribution is 2.11. The molecule has 3 heteroatoms. The molecule has 2 nitrogen and oxygen atoms in total. The monoisotopic (exact) mass is 221 g/mol. The fraction of sp³-hybridized carbons (Fsp3) is 0.0833. The quantitative estimate of drug-likeness (QED) is 0.615. The van der Waals surface area contributed by atoms with Crippen LogP contribution >= 0.6 is 11.6 Å². The molecule has 0 spiro atoms. The zero-order chi connectivity index (χ0) is 11.1. The lowest BCUT2D eigenvalue weighted by Crippen LogP contribution is -2.20. The van der Waals surface area contributed by atoms with Crippen LogP contribution in [0.25, 0.3) is 6.08 Å². The first-order valence-corrected chi connectivity index (χ1v) is 4.92. The Bertz CT molecular complexity index is 385. The van der Waals surface area contributed by atoms with Gasteiger partial charge in [0.2, 0.25) is 5.91 Å². The van der Waals surface area contributed by atoms with Crippen molar-refractivity contribution in [2.45, 2.75) is 0 Å². The number of carbonyl (C=O) groups excluding carboxylic acids is 1. The summed E-state index contributed by atoms with van der Waals surface area (Å²) in [5.41, 5.74) is 0.899. The normalized spacial score (nSPS) is 10.2. The summed E-state index contributed by atoms with van der Waals surface area (Å²) in [5.74, 6) is -0.144. The summed E-state index contributed by atoms with van der Waals surface area (Å²) >= 11 is 5.80. The summed E-state index contributed by atoms with van der Waals surface area (Å²) in [6, 6.07) is 7.29. The van der Waals surface area contributed by atoms with Crippen molar-refractivity contribution < 1.29 is 4.79 Å². The fourth-order valence-corrected chi connectivity index (χ4v) is 1.21. The molecule has 0 aliphatic heterocycles. The number of benzene rings is 1. The topological polar surface area (TPSA) is 29.1 Å². The molecule has 0 aromatic heterocycles. The van der Waals surface area contributed by atoms with Gasteiger partial charge in [0.1, 0.15) is 0 Å². The summed E-state index contributed by atoms with van der Waals surface area (Å²) in [4.78, 5) is 11.2. The van der Waals surface area contributed by atoms with Gasteiger partial charge in [0.25, 0.3) is 0 Å². The Labute approximate surface area is 94.3 Å². The van der Waals surface area contributed by atoms with Gasteiger partial charge < -0.3 is 5.32 Å². The molecule has 1 N–H and O–H groups in total. The molecule has 0 atom stereocenters. The van der Waals surface area contributed by atoms with Crippen LogP contribution < -0.4 is 5.32 Å². The number of hydrogen-bond acceptors (Lipinski definition) is 1.